The van der Waals surface area contributed by atoms with E-state index in [1.165, 1.54) is 24.4 Å². The molecule has 0 bridgehead atoms. The largest absolute Gasteiger partial charge is 0.469 e. The van der Waals surface area contributed by atoms with E-state index < -0.39 is 0 Å². The third-order valence-corrected chi connectivity index (χ3v) is 3.82. The van der Waals surface area contributed by atoms with Crippen molar-refractivity contribution in [3.05, 3.63) is 41.7 Å². The van der Waals surface area contributed by atoms with Gasteiger partial charge in [0.25, 0.3) is 0 Å². The second kappa shape index (κ2) is 7.09. The Balaban J connectivity index is 2.02. The number of rotatable bonds is 6. The molecule has 20 heavy (non-hydrogen) atoms. The predicted octanol–water partition coefficient (Wildman–Crippen LogP) is 2.29. The van der Waals surface area contributed by atoms with Crippen molar-refractivity contribution in [2.75, 3.05) is 12.9 Å². The molecule has 6 heteroatoms. The Labute approximate surface area is 122 Å². The number of aromatic nitrogens is 3. The van der Waals surface area contributed by atoms with Gasteiger partial charge < -0.3 is 9.30 Å². The lowest BCUT2D eigenvalue weighted by Crippen LogP contribution is -2.05. The minimum atomic E-state index is -0.205. The van der Waals surface area contributed by atoms with Crippen LogP contribution < -0.4 is 0 Å². The summed E-state index contributed by atoms with van der Waals surface area (Å²) in [4.78, 5) is 11.1. The highest BCUT2D eigenvalue weighted by molar-refractivity contribution is 7.99. The number of benzene rings is 1. The highest BCUT2D eigenvalue weighted by atomic mass is 32.2. The molecule has 106 valence electrons. The molecule has 1 aromatic heterocycles. The van der Waals surface area contributed by atoms with Crippen LogP contribution in [-0.2, 0) is 16.1 Å². The van der Waals surface area contributed by atoms with Gasteiger partial charge in [-0.3, -0.25) is 4.79 Å². The molecule has 1 heterocycles. The first-order valence-electron chi connectivity index (χ1n) is 6.34. The van der Waals surface area contributed by atoms with Crippen LogP contribution in [0.4, 0.5) is 0 Å². The number of aryl methyl sites for hydroxylation is 1. The van der Waals surface area contributed by atoms with E-state index in [0.29, 0.717) is 12.2 Å². The number of hydrogen-bond acceptors (Lipinski definition) is 5. The maximum atomic E-state index is 11.1. The minimum absolute atomic E-state index is 0.205. The first-order chi connectivity index (χ1) is 9.70. The fourth-order valence-electron chi connectivity index (χ4n) is 1.74. The Kier molecular flexibility index (Phi) is 5.17. The summed E-state index contributed by atoms with van der Waals surface area (Å²) < 4.78 is 6.68. The van der Waals surface area contributed by atoms with E-state index in [1.807, 2.05) is 25.1 Å². The number of methoxy groups -OCH3 is 1. The number of carbonyl (C=O) groups excluding carboxylic acids is 1. The van der Waals surface area contributed by atoms with Crippen LogP contribution in [0.3, 0.4) is 0 Å². The van der Waals surface area contributed by atoms with Gasteiger partial charge in [-0.1, -0.05) is 42.1 Å². The van der Waals surface area contributed by atoms with Crippen molar-refractivity contribution >= 4 is 17.7 Å². The third kappa shape index (κ3) is 3.84. The lowest BCUT2D eigenvalue weighted by atomic mass is 10.2. The van der Waals surface area contributed by atoms with Crippen molar-refractivity contribution in [3.8, 4) is 0 Å². The Hall–Kier alpha value is -1.82. The molecule has 0 saturated carbocycles. The molecular formula is C14H17N3O2S. The number of esters is 1. The SMILES string of the molecule is COC(=O)CCSc1nnc(C)n1Cc1ccccc1. The number of thioether (sulfide) groups is 1. The molecule has 2 aromatic rings. The summed E-state index contributed by atoms with van der Waals surface area (Å²) >= 11 is 1.52. The van der Waals surface area contributed by atoms with Gasteiger partial charge >= 0.3 is 5.97 Å². The van der Waals surface area contributed by atoms with Gasteiger partial charge in [0, 0.05) is 5.75 Å². The van der Waals surface area contributed by atoms with Gasteiger partial charge in [0.2, 0.25) is 0 Å². The molecule has 0 aliphatic carbocycles. The van der Waals surface area contributed by atoms with E-state index in [-0.39, 0.29) is 5.97 Å². The van der Waals surface area contributed by atoms with Crippen LogP contribution in [0.2, 0.25) is 0 Å². The molecule has 0 N–H and O–H groups in total. The average Bonchev–Trinajstić information content (AvgIpc) is 2.81. The molecule has 0 aliphatic heterocycles. The number of hydrogen-bond donors (Lipinski definition) is 0. The Bertz CT molecular complexity index is 569. The fourth-order valence-corrected chi connectivity index (χ4v) is 2.65. The number of nitrogens with zero attached hydrogens (tertiary/aromatic N) is 3. The zero-order valence-electron chi connectivity index (χ0n) is 11.6. The van der Waals surface area contributed by atoms with Gasteiger partial charge in [-0.25, -0.2) is 0 Å². The van der Waals surface area contributed by atoms with Crippen molar-refractivity contribution in [3.63, 3.8) is 0 Å². The standard InChI is InChI=1S/C14H17N3O2S/c1-11-15-16-14(20-9-8-13(18)19-2)17(11)10-12-6-4-3-5-7-12/h3-7H,8-10H2,1-2H3. The zero-order valence-corrected chi connectivity index (χ0v) is 12.4. The van der Waals surface area contributed by atoms with Crippen molar-refractivity contribution in [2.24, 2.45) is 0 Å². The summed E-state index contributed by atoms with van der Waals surface area (Å²) in [5.41, 5.74) is 1.20. The first kappa shape index (κ1) is 14.6. The van der Waals surface area contributed by atoms with Crippen molar-refractivity contribution in [1.82, 2.24) is 14.8 Å². The second-order valence-corrected chi connectivity index (χ2v) is 5.34. The van der Waals surface area contributed by atoms with Gasteiger partial charge in [-0.2, -0.15) is 0 Å². The molecule has 0 spiro atoms. The first-order valence-corrected chi connectivity index (χ1v) is 7.32. The summed E-state index contributed by atoms with van der Waals surface area (Å²) in [5.74, 6) is 1.30. The topological polar surface area (TPSA) is 57.0 Å². The molecule has 1 aromatic carbocycles. The zero-order chi connectivity index (χ0) is 14.4. The van der Waals surface area contributed by atoms with E-state index in [4.69, 9.17) is 0 Å². The van der Waals surface area contributed by atoms with Crippen molar-refractivity contribution in [1.29, 1.82) is 0 Å². The lowest BCUT2D eigenvalue weighted by Gasteiger charge is -2.08. The summed E-state index contributed by atoms with van der Waals surface area (Å²) in [6.07, 6.45) is 0.373. The quantitative estimate of drug-likeness (QED) is 0.604. The van der Waals surface area contributed by atoms with Gasteiger partial charge in [-0.05, 0) is 12.5 Å². The number of carbonyl (C=O) groups is 1. The molecule has 0 atom stereocenters. The molecule has 0 unspecified atom stereocenters. The summed E-state index contributed by atoms with van der Waals surface area (Å²) in [7, 11) is 1.40. The van der Waals surface area contributed by atoms with E-state index >= 15 is 0 Å². The van der Waals surface area contributed by atoms with Gasteiger partial charge in [0.15, 0.2) is 5.16 Å². The van der Waals surface area contributed by atoms with Crippen molar-refractivity contribution in [2.45, 2.75) is 25.0 Å². The van der Waals surface area contributed by atoms with Crippen molar-refractivity contribution < 1.29 is 9.53 Å². The van der Waals surface area contributed by atoms with Crippen LogP contribution in [-0.4, -0.2) is 33.6 Å². The minimum Gasteiger partial charge on any atom is -0.469 e. The molecule has 0 aliphatic rings. The van der Waals surface area contributed by atoms with Gasteiger partial charge in [0.05, 0.1) is 20.1 Å². The molecule has 5 nitrogen and oxygen atoms in total. The van der Waals surface area contributed by atoms with Crippen LogP contribution in [0.5, 0.6) is 0 Å². The molecule has 0 radical (unpaired) electrons. The summed E-state index contributed by atoms with van der Waals surface area (Å²) in [5, 5.41) is 9.09. The van der Waals surface area contributed by atoms with Gasteiger partial charge in [-0.15, -0.1) is 10.2 Å². The Morgan fingerprint density at radius 1 is 1.30 bits per heavy atom. The van der Waals surface area contributed by atoms with Gasteiger partial charge in [0.1, 0.15) is 5.82 Å². The molecule has 0 amide bonds. The maximum Gasteiger partial charge on any atom is 0.306 e. The maximum absolute atomic E-state index is 11.1. The second-order valence-electron chi connectivity index (χ2n) is 4.28. The van der Waals surface area contributed by atoms with E-state index in [2.05, 4.69) is 31.6 Å². The molecule has 0 saturated heterocycles. The molecular weight excluding hydrogens is 274 g/mol. The third-order valence-electron chi connectivity index (χ3n) is 2.85. The van der Waals surface area contributed by atoms with Crippen LogP contribution in [0.25, 0.3) is 0 Å². The monoisotopic (exact) mass is 291 g/mol. The predicted molar refractivity (Wildman–Crippen MR) is 77.7 cm³/mol. The smallest absolute Gasteiger partial charge is 0.306 e. The van der Waals surface area contributed by atoms with Crippen LogP contribution in [0.15, 0.2) is 35.5 Å². The normalized spacial score (nSPS) is 10.5. The van der Waals surface area contributed by atoms with Crippen LogP contribution >= 0.6 is 11.8 Å². The molecule has 2 rings (SSSR count). The number of ether oxygens (including phenoxy) is 1. The highest BCUT2D eigenvalue weighted by Crippen LogP contribution is 2.19. The highest BCUT2D eigenvalue weighted by Gasteiger charge is 2.10. The summed E-state index contributed by atoms with van der Waals surface area (Å²) in [6, 6.07) is 10.2. The fraction of sp³-hybridized carbons (Fsp3) is 0.357. The average molecular weight is 291 g/mol. The Morgan fingerprint density at radius 3 is 2.75 bits per heavy atom. The lowest BCUT2D eigenvalue weighted by molar-refractivity contribution is -0.140. The molecule has 0 fully saturated rings. The Morgan fingerprint density at radius 2 is 2.05 bits per heavy atom. The van der Waals surface area contributed by atoms with E-state index in [0.717, 1.165) is 17.5 Å². The van der Waals surface area contributed by atoms with Crippen LogP contribution in [0, 0.1) is 6.92 Å². The summed E-state index contributed by atoms with van der Waals surface area (Å²) in [6.45, 7) is 2.67. The van der Waals surface area contributed by atoms with E-state index in [1.54, 1.807) is 0 Å². The van der Waals surface area contributed by atoms with E-state index in [9.17, 15) is 4.79 Å². The van der Waals surface area contributed by atoms with Crippen LogP contribution in [0.1, 0.15) is 17.8 Å².